The predicted molar refractivity (Wildman–Crippen MR) is 104 cm³/mol. The van der Waals surface area contributed by atoms with Crippen LogP contribution in [0.5, 0.6) is 5.88 Å². The maximum Gasteiger partial charge on any atom is 0.276 e. The Labute approximate surface area is 164 Å². The first-order chi connectivity index (χ1) is 13.2. The van der Waals surface area contributed by atoms with Crippen molar-refractivity contribution >= 4 is 28.5 Å². The molecule has 0 saturated carbocycles. The highest BCUT2D eigenvalue weighted by Crippen LogP contribution is 2.42. The number of halogens is 2. The normalized spacial score (nSPS) is 24.4. The van der Waals surface area contributed by atoms with Gasteiger partial charge in [-0.05, 0) is 38.1 Å². The number of nitrogens with two attached hydrogens (primary N) is 1. The lowest BCUT2D eigenvalue weighted by atomic mass is 9.85. The minimum absolute atomic E-state index is 0.00807. The highest BCUT2D eigenvalue weighted by atomic mass is 32.2. The maximum atomic E-state index is 14.9. The molecule has 1 aliphatic rings. The first-order valence-electron chi connectivity index (χ1n) is 8.39. The van der Waals surface area contributed by atoms with E-state index < -0.39 is 28.7 Å². The minimum Gasteiger partial charge on any atom is -0.480 e. The van der Waals surface area contributed by atoms with Crippen LogP contribution in [-0.2, 0) is 5.54 Å². The number of aliphatic imine (C=N–C) groups is 1. The Hall–Kier alpha value is -2.75. The number of amides is 1. The van der Waals surface area contributed by atoms with Crippen LogP contribution in [0.3, 0.4) is 0 Å². The number of amidine groups is 1. The second-order valence-electron chi connectivity index (χ2n) is 6.43. The fraction of sp³-hybridized carbons (Fsp3) is 0.333. The molecule has 0 aliphatic carbocycles. The third-order valence-electron chi connectivity index (χ3n) is 4.45. The van der Waals surface area contributed by atoms with Crippen molar-refractivity contribution in [3.63, 3.8) is 0 Å². The van der Waals surface area contributed by atoms with E-state index >= 15 is 0 Å². The number of nitrogens with zero attached hydrogens (tertiary/aromatic N) is 3. The zero-order valence-corrected chi connectivity index (χ0v) is 16.3. The molecule has 0 spiro atoms. The summed E-state index contributed by atoms with van der Waals surface area (Å²) >= 11 is 1.10. The van der Waals surface area contributed by atoms with Crippen molar-refractivity contribution in [2.24, 2.45) is 10.7 Å². The van der Waals surface area contributed by atoms with Gasteiger partial charge in [-0.3, -0.25) is 4.79 Å². The number of alkyl halides is 1. The number of ether oxygens (including phenoxy) is 1. The second kappa shape index (κ2) is 7.70. The van der Waals surface area contributed by atoms with Crippen molar-refractivity contribution in [3.8, 4) is 5.88 Å². The van der Waals surface area contributed by atoms with E-state index in [2.05, 4.69) is 20.5 Å². The van der Waals surface area contributed by atoms with Gasteiger partial charge >= 0.3 is 0 Å². The number of benzene rings is 1. The van der Waals surface area contributed by atoms with E-state index in [1.165, 1.54) is 38.3 Å². The van der Waals surface area contributed by atoms with Crippen LogP contribution >= 0.6 is 11.8 Å². The second-order valence-corrected chi connectivity index (χ2v) is 7.83. The molecule has 1 amide bonds. The van der Waals surface area contributed by atoms with Gasteiger partial charge in [0.05, 0.1) is 7.11 Å². The lowest BCUT2D eigenvalue weighted by molar-refractivity contribution is 0.102. The Bertz CT molecular complexity index is 925. The number of hydrogen-bond acceptors (Lipinski definition) is 7. The Morgan fingerprint density at radius 1 is 1.32 bits per heavy atom. The Morgan fingerprint density at radius 3 is 2.71 bits per heavy atom. The molecule has 28 heavy (non-hydrogen) atoms. The van der Waals surface area contributed by atoms with E-state index in [-0.39, 0.29) is 28.0 Å². The van der Waals surface area contributed by atoms with Crippen LogP contribution in [0.15, 0.2) is 35.3 Å². The largest absolute Gasteiger partial charge is 0.480 e. The van der Waals surface area contributed by atoms with Crippen molar-refractivity contribution in [1.29, 1.82) is 0 Å². The molecule has 0 radical (unpaired) electrons. The fourth-order valence-corrected chi connectivity index (χ4v) is 3.98. The molecule has 0 fully saturated rings. The highest BCUT2D eigenvalue weighted by Gasteiger charge is 2.45. The van der Waals surface area contributed by atoms with E-state index in [1.54, 1.807) is 6.92 Å². The summed E-state index contributed by atoms with van der Waals surface area (Å²) in [4.78, 5) is 16.5. The fourth-order valence-electron chi connectivity index (χ4n) is 2.97. The topological polar surface area (TPSA) is 102 Å². The Morgan fingerprint density at radius 2 is 2.07 bits per heavy atom. The van der Waals surface area contributed by atoms with E-state index in [1.807, 2.05) is 0 Å². The van der Waals surface area contributed by atoms with Crippen LogP contribution < -0.4 is 15.8 Å². The van der Waals surface area contributed by atoms with Crippen molar-refractivity contribution in [2.75, 3.05) is 12.4 Å². The van der Waals surface area contributed by atoms with Crippen molar-refractivity contribution < 1.29 is 18.3 Å². The van der Waals surface area contributed by atoms with Gasteiger partial charge in [0.2, 0.25) is 5.88 Å². The molecular formula is C18H19F2N5O2S. The van der Waals surface area contributed by atoms with E-state index in [0.717, 1.165) is 17.8 Å². The Kier molecular flexibility index (Phi) is 5.50. The van der Waals surface area contributed by atoms with Gasteiger partial charge in [0.15, 0.2) is 10.9 Å². The number of carbonyl (C=O) groups excluding carboxylic acids is 1. The first kappa shape index (κ1) is 20.0. The molecule has 1 aliphatic heterocycles. The minimum atomic E-state index is -1.50. The molecule has 148 valence electrons. The lowest BCUT2D eigenvalue weighted by Gasteiger charge is -2.37. The van der Waals surface area contributed by atoms with Gasteiger partial charge in [0.25, 0.3) is 5.91 Å². The molecule has 3 N–H and O–H groups in total. The predicted octanol–water partition coefficient (Wildman–Crippen LogP) is 2.88. The number of rotatable bonds is 4. The third-order valence-corrected chi connectivity index (χ3v) is 5.39. The number of hydrogen-bond donors (Lipinski definition) is 2. The van der Waals surface area contributed by atoms with Gasteiger partial charge in [0.1, 0.15) is 17.5 Å². The van der Waals surface area contributed by atoms with Crippen LogP contribution in [0.4, 0.5) is 14.5 Å². The standard InChI is InChI=1S/C18H19F2N5O2S/c1-9-15(20)18(2,23-17(21)28-9)11-8-10(4-5-12(11)19)22-16(26)13-6-7-14(27-3)25-24-13/h4-9,15H,1-3H3,(H2,21,23)(H,22,26)/t9-,15+,18-/m1/s1. The molecule has 1 aromatic carbocycles. The van der Waals surface area contributed by atoms with Gasteiger partial charge < -0.3 is 15.8 Å². The number of thioether (sulfide) groups is 1. The lowest BCUT2D eigenvalue weighted by Crippen LogP contribution is -2.44. The van der Waals surface area contributed by atoms with Crippen molar-refractivity contribution in [2.45, 2.75) is 30.8 Å². The highest BCUT2D eigenvalue weighted by molar-refractivity contribution is 8.14. The summed E-state index contributed by atoms with van der Waals surface area (Å²) in [6, 6.07) is 6.82. The van der Waals surface area contributed by atoms with Crippen LogP contribution in [0.1, 0.15) is 29.9 Å². The summed E-state index contributed by atoms with van der Waals surface area (Å²) < 4.78 is 34.4. The van der Waals surface area contributed by atoms with Crippen molar-refractivity contribution in [1.82, 2.24) is 10.2 Å². The average molecular weight is 407 g/mol. The summed E-state index contributed by atoms with van der Waals surface area (Å²) in [7, 11) is 1.43. The van der Waals surface area contributed by atoms with Gasteiger partial charge in [-0.15, -0.1) is 10.2 Å². The summed E-state index contributed by atoms with van der Waals surface area (Å²) in [6.45, 7) is 3.15. The zero-order chi connectivity index (χ0) is 20.5. The number of methoxy groups -OCH3 is 1. The molecule has 2 aromatic rings. The number of anilines is 1. The van der Waals surface area contributed by atoms with E-state index in [9.17, 15) is 13.6 Å². The molecule has 1 aromatic heterocycles. The molecule has 7 nitrogen and oxygen atoms in total. The van der Waals surface area contributed by atoms with Crippen LogP contribution in [-0.4, -0.2) is 39.8 Å². The molecule has 2 heterocycles. The molecule has 0 bridgehead atoms. The SMILES string of the molecule is COc1ccc(C(=O)Nc2ccc(F)c([C@@]3(C)N=C(N)S[C@H](C)[C@@H]3F)c2)nn1. The third kappa shape index (κ3) is 3.77. The Balaban J connectivity index is 1.91. The van der Waals surface area contributed by atoms with E-state index in [0.29, 0.717) is 0 Å². The zero-order valence-electron chi connectivity index (χ0n) is 15.4. The number of nitrogens with one attached hydrogen (secondary N) is 1. The maximum absolute atomic E-state index is 14.9. The van der Waals surface area contributed by atoms with E-state index in [4.69, 9.17) is 10.5 Å². The summed E-state index contributed by atoms with van der Waals surface area (Å²) in [5, 5.41) is 9.78. The summed E-state index contributed by atoms with van der Waals surface area (Å²) in [5.41, 5.74) is 4.62. The van der Waals surface area contributed by atoms with Crippen molar-refractivity contribution in [3.05, 3.63) is 47.4 Å². The number of aromatic nitrogens is 2. The smallest absolute Gasteiger partial charge is 0.276 e. The monoisotopic (exact) mass is 407 g/mol. The van der Waals surface area contributed by atoms with Crippen LogP contribution in [0.25, 0.3) is 0 Å². The molecular weight excluding hydrogens is 388 g/mol. The number of carbonyl (C=O) groups is 1. The first-order valence-corrected chi connectivity index (χ1v) is 9.27. The summed E-state index contributed by atoms with van der Waals surface area (Å²) in [6.07, 6.45) is -1.46. The van der Waals surface area contributed by atoms with Gasteiger partial charge in [-0.25, -0.2) is 13.8 Å². The molecule has 10 heteroatoms. The van der Waals surface area contributed by atoms with Gasteiger partial charge in [-0.2, -0.15) is 0 Å². The molecule has 3 atom stereocenters. The van der Waals surface area contributed by atoms with Gasteiger partial charge in [0, 0.05) is 22.6 Å². The quantitative estimate of drug-likeness (QED) is 0.808. The molecule has 0 saturated heterocycles. The average Bonchev–Trinajstić information content (AvgIpc) is 2.67. The van der Waals surface area contributed by atoms with Crippen LogP contribution in [0.2, 0.25) is 0 Å². The van der Waals surface area contributed by atoms with Gasteiger partial charge in [-0.1, -0.05) is 11.8 Å². The van der Waals surface area contributed by atoms with Crippen LogP contribution in [0, 0.1) is 5.82 Å². The molecule has 0 unspecified atom stereocenters. The summed E-state index contributed by atoms with van der Waals surface area (Å²) in [5.74, 6) is -0.921. The molecule has 3 rings (SSSR count).